The van der Waals surface area contributed by atoms with Gasteiger partial charge in [-0.15, -0.1) is 6.58 Å². The fourth-order valence-corrected chi connectivity index (χ4v) is 2.62. The molecule has 120 valence electrons. The van der Waals surface area contributed by atoms with Gasteiger partial charge in [-0.2, -0.15) is 0 Å². The molecular weight excluding hydrogens is 316 g/mol. The molecule has 1 aromatic carbocycles. The van der Waals surface area contributed by atoms with E-state index in [4.69, 9.17) is 4.74 Å². The molecule has 0 fully saturated rings. The number of rotatable bonds is 6. The first-order chi connectivity index (χ1) is 11.1. The summed E-state index contributed by atoms with van der Waals surface area (Å²) in [6, 6.07) is 6.60. The average Bonchev–Trinajstić information content (AvgIpc) is 2.81. The lowest BCUT2D eigenvalue weighted by Gasteiger charge is -2.02. The lowest BCUT2D eigenvalue weighted by molar-refractivity contribution is 0.0526. The van der Waals surface area contributed by atoms with E-state index in [-0.39, 0.29) is 17.3 Å². The molecule has 2 aromatic rings. The molecule has 1 aromatic heterocycles. The summed E-state index contributed by atoms with van der Waals surface area (Å²) in [7, 11) is 0. The molecule has 0 aliphatic rings. The third-order valence-corrected chi connectivity index (χ3v) is 3.80. The lowest BCUT2D eigenvalue weighted by atomic mass is 10.2. The molecule has 1 heterocycles. The number of carbonyl (C=O) groups is 1. The van der Waals surface area contributed by atoms with Crippen molar-refractivity contribution >= 4 is 29.2 Å². The van der Waals surface area contributed by atoms with Crippen molar-refractivity contribution in [3.63, 3.8) is 0 Å². The highest BCUT2D eigenvalue weighted by atomic mass is 32.1. The van der Waals surface area contributed by atoms with E-state index in [1.807, 2.05) is 0 Å². The fourth-order valence-electron chi connectivity index (χ4n) is 1.85. The Morgan fingerprint density at radius 3 is 3.00 bits per heavy atom. The minimum atomic E-state index is -0.422. The number of aliphatic imine (C=N–C) groups is 1. The Hall–Kier alpha value is -2.67. The number of ether oxygens (including phenoxy) is 1. The molecule has 0 spiro atoms. The molecule has 0 saturated carbocycles. The van der Waals surface area contributed by atoms with Crippen molar-refractivity contribution in [3.8, 4) is 5.88 Å². The van der Waals surface area contributed by atoms with Gasteiger partial charge in [-0.1, -0.05) is 23.5 Å². The monoisotopic (exact) mass is 332 g/mol. The van der Waals surface area contributed by atoms with Gasteiger partial charge in [-0.25, -0.2) is 4.79 Å². The van der Waals surface area contributed by atoms with Crippen LogP contribution in [0.3, 0.4) is 0 Å². The smallest absolute Gasteiger partial charge is 0.338 e. The summed E-state index contributed by atoms with van der Waals surface area (Å²) < 4.78 is 6.13. The molecule has 0 bridgehead atoms. The SMILES string of the molecule is C=CCn1c(O)c(C=Nc2cccc(C(=O)OCC)c2)sc1=O. The van der Waals surface area contributed by atoms with Crippen molar-refractivity contribution in [1.82, 2.24) is 4.57 Å². The van der Waals surface area contributed by atoms with Crippen LogP contribution < -0.4 is 4.87 Å². The molecule has 0 aliphatic heterocycles. The second-order valence-corrected chi connectivity index (χ2v) is 5.48. The number of hydrogen-bond donors (Lipinski definition) is 1. The van der Waals surface area contributed by atoms with Gasteiger partial charge in [0.05, 0.1) is 24.1 Å². The number of aromatic nitrogens is 1. The summed E-state index contributed by atoms with van der Waals surface area (Å²) in [5.41, 5.74) is 0.911. The van der Waals surface area contributed by atoms with Gasteiger partial charge < -0.3 is 9.84 Å². The van der Waals surface area contributed by atoms with Crippen molar-refractivity contribution in [2.75, 3.05) is 6.61 Å². The van der Waals surface area contributed by atoms with Crippen LogP contribution in [-0.2, 0) is 11.3 Å². The number of esters is 1. The first kappa shape index (κ1) is 16.7. The quantitative estimate of drug-likeness (QED) is 0.501. The van der Waals surface area contributed by atoms with Crippen LogP contribution in [0.25, 0.3) is 0 Å². The average molecular weight is 332 g/mol. The van der Waals surface area contributed by atoms with E-state index in [1.54, 1.807) is 31.2 Å². The molecule has 0 aliphatic carbocycles. The first-order valence-corrected chi connectivity index (χ1v) is 7.73. The fraction of sp³-hybridized carbons (Fsp3) is 0.188. The Bertz CT molecular complexity index is 805. The third kappa shape index (κ3) is 3.95. The molecule has 0 amide bonds. The second-order valence-electron chi connectivity index (χ2n) is 4.48. The highest BCUT2D eigenvalue weighted by molar-refractivity contribution is 7.11. The van der Waals surface area contributed by atoms with Crippen LogP contribution in [0.4, 0.5) is 5.69 Å². The van der Waals surface area contributed by atoms with Crippen LogP contribution in [0.2, 0.25) is 0 Å². The predicted octanol–water partition coefficient (Wildman–Crippen LogP) is 2.73. The van der Waals surface area contributed by atoms with Gasteiger partial charge >= 0.3 is 10.8 Å². The number of allylic oxidation sites excluding steroid dienone is 1. The molecule has 0 unspecified atom stereocenters. The van der Waals surface area contributed by atoms with Gasteiger partial charge in [-0.3, -0.25) is 14.4 Å². The Balaban J connectivity index is 2.26. The maximum atomic E-state index is 11.7. The topological polar surface area (TPSA) is 80.9 Å². The maximum absolute atomic E-state index is 11.7. The normalized spacial score (nSPS) is 10.8. The Kier molecular flexibility index (Phi) is 5.48. The molecular formula is C16H16N2O4S. The van der Waals surface area contributed by atoms with Gasteiger partial charge in [-0.05, 0) is 25.1 Å². The standard InChI is InChI=1S/C16H16N2O4S/c1-3-8-18-14(19)13(23-16(18)21)10-17-12-7-5-6-11(9-12)15(20)22-4-2/h3,5-7,9-10,19H,1,4,8H2,2H3. The van der Waals surface area contributed by atoms with Crippen LogP contribution in [-0.4, -0.2) is 28.5 Å². The number of thiazole rings is 1. The summed E-state index contributed by atoms with van der Waals surface area (Å²) in [4.78, 5) is 27.7. The Labute approximate surface area is 137 Å². The summed E-state index contributed by atoms with van der Waals surface area (Å²) in [5, 5.41) is 9.99. The van der Waals surface area contributed by atoms with Crippen LogP contribution in [0.5, 0.6) is 5.88 Å². The van der Waals surface area contributed by atoms with E-state index < -0.39 is 5.97 Å². The van der Waals surface area contributed by atoms with E-state index in [9.17, 15) is 14.7 Å². The minimum absolute atomic E-state index is 0.148. The number of nitrogens with zero attached hydrogens (tertiary/aromatic N) is 2. The van der Waals surface area contributed by atoms with Gasteiger partial charge in [0.2, 0.25) is 5.88 Å². The molecule has 2 rings (SSSR count). The molecule has 0 saturated heterocycles. The second kappa shape index (κ2) is 7.55. The number of benzene rings is 1. The summed E-state index contributed by atoms with van der Waals surface area (Å²) in [6.07, 6.45) is 2.92. The van der Waals surface area contributed by atoms with Gasteiger partial charge in [0.1, 0.15) is 4.88 Å². The van der Waals surface area contributed by atoms with Crippen molar-refractivity contribution < 1.29 is 14.6 Å². The van der Waals surface area contributed by atoms with E-state index >= 15 is 0 Å². The first-order valence-electron chi connectivity index (χ1n) is 6.91. The van der Waals surface area contributed by atoms with E-state index in [0.29, 0.717) is 22.7 Å². The van der Waals surface area contributed by atoms with Crippen LogP contribution in [0.1, 0.15) is 22.2 Å². The van der Waals surface area contributed by atoms with Crippen molar-refractivity contribution in [1.29, 1.82) is 0 Å². The number of aromatic hydroxyl groups is 1. The van der Waals surface area contributed by atoms with E-state index in [2.05, 4.69) is 11.6 Å². The highest BCUT2D eigenvalue weighted by Gasteiger charge is 2.11. The zero-order valence-electron chi connectivity index (χ0n) is 12.6. The minimum Gasteiger partial charge on any atom is -0.493 e. The van der Waals surface area contributed by atoms with Crippen molar-refractivity contribution in [2.24, 2.45) is 4.99 Å². The largest absolute Gasteiger partial charge is 0.493 e. The summed E-state index contributed by atoms with van der Waals surface area (Å²) >= 11 is 0.888. The number of hydrogen-bond acceptors (Lipinski definition) is 6. The van der Waals surface area contributed by atoms with E-state index in [1.165, 1.54) is 16.9 Å². The zero-order valence-corrected chi connectivity index (χ0v) is 13.4. The molecule has 23 heavy (non-hydrogen) atoms. The maximum Gasteiger partial charge on any atom is 0.338 e. The predicted molar refractivity (Wildman–Crippen MR) is 90.1 cm³/mol. The Morgan fingerprint density at radius 2 is 2.30 bits per heavy atom. The molecule has 1 N–H and O–H groups in total. The van der Waals surface area contributed by atoms with Crippen molar-refractivity contribution in [3.05, 3.63) is 57.0 Å². The molecule has 0 radical (unpaired) electrons. The molecule has 0 atom stereocenters. The number of carbonyl (C=O) groups excluding carboxylic acids is 1. The highest BCUT2D eigenvalue weighted by Crippen LogP contribution is 2.20. The summed E-state index contributed by atoms with van der Waals surface area (Å²) in [6.45, 7) is 5.80. The van der Waals surface area contributed by atoms with Crippen LogP contribution >= 0.6 is 11.3 Å². The third-order valence-electron chi connectivity index (χ3n) is 2.89. The van der Waals surface area contributed by atoms with Crippen LogP contribution in [0, 0.1) is 0 Å². The van der Waals surface area contributed by atoms with E-state index in [0.717, 1.165) is 11.3 Å². The van der Waals surface area contributed by atoms with Crippen LogP contribution in [0.15, 0.2) is 46.7 Å². The van der Waals surface area contributed by atoms with Crippen molar-refractivity contribution in [2.45, 2.75) is 13.5 Å². The lowest BCUT2D eigenvalue weighted by Crippen LogP contribution is -2.10. The molecule has 6 nitrogen and oxygen atoms in total. The van der Waals surface area contributed by atoms with Gasteiger partial charge in [0, 0.05) is 6.54 Å². The van der Waals surface area contributed by atoms with Gasteiger partial charge in [0.15, 0.2) is 0 Å². The molecule has 7 heteroatoms. The zero-order chi connectivity index (χ0) is 16.8. The Morgan fingerprint density at radius 1 is 1.52 bits per heavy atom. The van der Waals surface area contributed by atoms with Gasteiger partial charge in [0.25, 0.3) is 0 Å². The summed E-state index contributed by atoms with van der Waals surface area (Å²) in [5.74, 6) is -0.570.